The van der Waals surface area contributed by atoms with Crippen LogP contribution >= 0.6 is 0 Å². The normalized spacial score (nSPS) is 21.7. The highest BCUT2D eigenvalue weighted by Crippen LogP contribution is 2.42. The molecule has 1 aliphatic carbocycles. The van der Waals surface area contributed by atoms with Crippen molar-refractivity contribution in [2.24, 2.45) is 0 Å². The molecule has 3 fully saturated rings. The summed E-state index contributed by atoms with van der Waals surface area (Å²) in [5.41, 5.74) is 1.75. The summed E-state index contributed by atoms with van der Waals surface area (Å²) in [6.45, 7) is 3.52. The van der Waals surface area contributed by atoms with Gasteiger partial charge in [0.15, 0.2) is 0 Å². The topological polar surface area (TPSA) is 69.7 Å². The van der Waals surface area contributed by atoms with Crippen LogP contribution in [0, 0.1) is 5.82 Å². The molecular formula is C19H28FN3O3S. The van der Waals surface area contributed by atoms with Gasteiger partial charge in [-0.15, -0.1) is 0 Å². The highest BCUT2D eigenvalue weighted by molar-refractivity contribution is 7.87. The second kappa shape index (κ2) is 7.48. The molecule has 27 heavy (non-hydrogen) atoms. The Hall–Kier alpha value is -1.51. The van der Waals surface area contributed by atoms with E-state index in [-0.39, 0.29) is 6.99 Å². The summed E-state index contributed by atoms with van der Waals surface area (Å²) in [5, 5.41) is 0. The van der Waals surface area contributed by atoms with Crippen molar-refractivity contribution in [1.82, 2.24) is 13.9 Å². The van der Waals surface area contributed by atoms with Gasteiger partial charge in [-0.1, -0.05) is 6.42 Å². The van der Waals surface area contributed by atoms with Gasteiger partial charge < -0.3 is 0 Å². The second-order valence-electron chi connectivity index (χ2n) is 7.83. The molecule has 2 aliphatic heterocycles. The van der Waals surface area contributed by atoms with E-state index < -0.39 is 21.9 Å². The van der Waals surface area contributed by atoms with Crippen LogP contribution in [0.25, 0.3) is 0 Å². The monoisotopic (exact) mass is 397 g/mol. The van der Waals surface area contributed by atoms with E-state index in [1.54, 1.807) is 6.07 Å². The van der Waals surface area contributed by atoms with Crippen molar-refractivity contribution in [2.45, 2.75) is 51.0 Å². The lowest BCUT2D eigenvalue weighted by Crippen LogP contribution is -2.49. The zero-order valence-electron chi connectivity index (χ0n) is 15.4. The van der Waals surface area contributed by atoms with Gasteiger partial charge in [-0.05, 0) is 74.4 Å². The minimum Gasteiger partial charge on any atom is -0.299 e. The summed E-state index contributed by atoms with van der Waals surface area (Å²) >= 11 is 0. The number of nitrogens with one attached hydrogen (secondary N) is 1. The molecule has 0 aromatic heterocycles. The predicted molar refractivity (Wildman–Crippen MR) is 102 cm³/mol. The van der Waals surface area contributed by atoms with E-state index in [2.05, 4.69) is 4.90 Å². The lowest BCUT2D eigenvalue weighted by atomic mass is 9.98. The van der Waals surface area contributed by atoms with Gasteiger partial charge in [-0.25, -0.2) is 9.11 Å². The SMILES string of the molecule is O=C(NS(=O)(=O)N1CCC1)c1cc(C2CC2)c(CN2CCCCC2)cc1F.[HH]. The Morgan fingerprint density at radius 2 is 1.81 bits per heavy atom. The maximum atomic E-state index is 14.7. The quantitative estimate of drug-likeness (QED) is 0.801. The average molecular weight is 398 g/mol. The van der Waals surface area contributed by atoms with Gasteiger partial charge in [-0.2, -0.15) is 12.7 Å². The van der Waals surface area contributed by atoms with E-state index in [9.17, 15) is 17.6 Å². The van der Waals surface area contributed by atoms with Crippen molar-refractivity contribution in [2.75, 3.05) is 26.2 Å². The minimum atomic E-state index is -3.88. The first-order chi connectivity index (χ1) is 12.9. The largest absolute Gasteiger partial charge is 0.304 e. The van der Waals surface area contributed by atoms with Crippen molar-refractivity contribution < 1.29 is 19.0 Å². The third-order valence-corrected chi connectivity index (χ3v) is 7.20. The maximum Gasteiger partial charge on any atom is 0.304 e. The number of hydrogen-bond donors (Lipinski definition) is 1. The number of carbonyl (C=O) groups is 1. The van der Waals surface area contributed by atoms with Gasteiger partial charge in [0.2, 0.25) is 0 Å². The molecule has 150 valence electrons. The van der Waals surface area contributed by atoms with Gasteiger partial charge in [0.05, 0.1) is 5.56 Å². The highest BCUT2D eigenvalue weighted by atomic mass is 32.2. The van der Waals surface area contributed by atoms with E-state index in [1.165, 1.54) is 16.8 Å². The number of hydrogen-bond acceptors (Lipinski definition) is 4. The van der Waals surface area contributed by atoms with Crippen LogP contribution in [0.3, 0.4) is 0 Å². The molecule has 0 spiro atoms. The number of halogens is 1. The third kappa shape index (κ3) is 4.17. The molecule has 0 radical (unpaired) electrons. The fourth-order valence-electron chi connectivity index (χ4n) is 3.84. The lowest BCUT2D eigenvalue weighted by Gasteiger charge is -2.29. The Kier molecular flexibility index (Phi) is 5.22. The summed E-state index contributed by atoms with van der Waals surface area (Å²) in [5.74, 6) is -1.18. The van der Waals surface area contributed by atoms with Crippen molar-refractivity contribution in [3.63, 3.8) is 0 Å². The maximum absolute atomic E-state index is 14.7. The number of amides is 1. The van der Waals surface area contributed by atoms with Crippen LogP contribution in [0.5, 0.6) is 0 Å². The molecule has 0 unspecified atom stereocenters. The molecule has 1 N–H and O–H groups in total. The first kappa shape index (κ1) is 18.8. The summed E-state index contributed by atoms with van der Waals surface area (Å²) < 4.78 is 42.2. The first-order valence-electron chi connectivity index (χ1n) is 9.81. The van der Waals surface area contributed by atoms with Gasteiger partial charge in [0.25, 0.3) is 5.91 Å². The minimum absolute atomic E-state index is 0. The molecule has 2 heterocycles. The summed E-state index contributed by atoms with van der Waals surface area (Å²) in [6.07, 6.45) is 6.41. The molecule has 1 saturated carbocycles. The van der Waals surface area contributed by atoms with E-state index in [1.807, 2.05) is 4.72 Å². The van der Waals surface area contributed by atoms with E-state index in [0.29, 0.717) is 25.6 Å². The number of rotatable bonds is 6. The number of benzene rings is 1. The fourth-order valence-corrected chi connectivity index (χ4v) is 5.05. The van der Waals surface area contributed by atoms with Crippen molar-refractivity contribution in [3.05, 3.63) is 34.6 Å². The molecule has 2 saturated heterocycles. The molecular weight excluding hydrogens is 369 g/mol. The van der Waals surface area contributed by atoms with E-state index in [0.717, 1.165) is 56.3 Å². The number of nitrogens with zero attached hydrogens (tertiary/aromatic N) is 2. The van der Waals surface area contributed by atoms with Crippen molar-refractivity contribution in [3.8, 4) is 0 Å². The molecule has 3 aliphatic rings. The van der Waals surface area contributed by atoms with Gasteiger partial charge in [0.1, 0.15) is 5.82 Å². The van der Waals surface area contributed by atoms with E-state index >= 15 is 0 Å². The number of likely N-dealkylation sites (tertiary alicyclic amines) is 1. The van der Waals surface area contributed by atoms with Gasteiger partial charge >= 0.3 is 10.2 Å². The van der Waals surface area contributed by atoms with E-state index in [4.69, 9.17) is 0 Å². The van der Waals surface area contributed by atoms with Crippen LogP contribution in [0.1, 0.15) is 67.4 Å². The molecule has 1 aromatic rings. The molecule has 1 amide bonds. The average Bonchev–Trinajstić information content (AvgIpc) is 3.38. The molecule has 1 aromatic carbocycles. The summed E-state index contributed by atoms with van der Waals surface area (Å²) in [6, 6.07) is 3.01. The Labute approximate surface area is 161 Å². The lowest BCUT2D eigenvalue weighted by molar-refractivity contribution is 0.0973. The Balaban J connectivity index is 0.00000225. The predicted octanol–water partition coefficient (Wildman–Crippen LogP) is 2.62. The Bertz CT molecular complexity index is 835. The Morgan fingerprint density at radius 3 is 2.41 bits per heavy atom. The molecule has 8 heteroatoms. The summed E-state index contributed by atoms with van der Waals surface area (Å²) in [4.78, 5) is 14.8. The standard InChI is InChI=1S/C19H26FN3O3S.H2/c20-18-11-15(13-22-7-2-1-3-8-22)16(14-5-6-14)12-17(18)19(24)21-27(25,26)23-9-4-10-23;/h11-12,14H,1-10,13H2,(H,21,24);1H. The summed E-state index contributed by atoms with van der Waals surface area (Å²) in [7, 11) is -3.88. The fraction of sp³-hybridized carbons (Fsp3) is 0.632. The number of carbonyl (C=O) groups excluding carboxylic acids is 1. The zero-order chi connectivity index (χ0) is 19.0. The van der Waals surface area contributed by atoms with Crippen LogP contribution in [-0.4, -0.2) is 49.7 Å². The van der Waals surface area contributed by atoms with Crippen molar-refractivity contribution >= 4 is 16.1 Å². The van der Waals surface area contributed by atoms with Crippen LogP contribution < -0.4 is 4.72 Å². The number of piperidine rings is 1. The van der Waals surface area contributed by atoms with Gasteiger partial charge in [-0.3, -0.25) is 9.69 Å². The highest BCUT2D eigenvalue weighted by Gasteiger charge is 2.32. The third-order valence-electron chi connectivity index (χ3n) is 5.71. The van der Waals surface area contributed by atoms with Crippen LogP contribution in [0.4, 0.5) is 4.39 Å². The van der Waals surface area contributed by atoms with Crippen LogP contribution in [-0.2, 0) is 16.8 Å². The van der Waals surface area contributed by atoms with Crippen LogP contribution in [0.2, 0.25) is 0 Å². The van der Waals surface area contributed by atoms with Crippen LogP contribution in [0.15, 0.2) is 12.1 Å². The molecule has 0 bridgehead atoms. The second-order valence-corrected chi connectivity index (χ2v) is 9.50. The van der Waals surface area contributed by atoms with Gasteiger partial charge in [0, 0.05) is 21.1 Å². The zero-order valence-corrected chi connectivity index (χ0v) is 16.2. The first-order valence-corrected chi connectivity index (χ1v) is 11.2. The molecule has 0 atom stereocenters. The smallest absolute Gasteiger partial charge is 0.299 e. The Morgan fingerprint density at radius 1 is 1.11 bits per heavy atom. The molecule has 4 rings (SSSR count). The molecule has 6 nitrogen and oxygen atoms in total. The van der Waals surface area contributed by atoms with Crippen molar-refractivity contribution in [1.29, 1.82) is 0 Å².